The first kappa shape index (κ1) is 20.7. The predicted octanol–water partition coefficient (Wildman–Crippen LogP) is 4.35. The molecule has 0 spiro atoms. The molecule has 0 saturated carbocycles. The fourth-order valence-corrected chi connectivity index (χ4v) is 2.58. The van der Waals surface area contributed by atoms with E-state index in [9.17, 15) is 14.4 Å². The standard InChI is InChI=1S/C19H17Cl2NO5/c1-11(2)27-19(25)12-3-5-16(6-4-12)22-17(23)10-26-18(24)13-7-14(20)9-15(21)8-13/h3-9,11H,10H2,1-2H3,(H,22,23). The Morgan fingerprint density at radius 1 is 0.926 bits per heavy atom. The average Bonchev–Trinajstić information content (AvgIpc) is 2.58. The van der Waals surface area contributed by atoms with Crippen molar-refractivity contribution in [1.29, 1.82) is 0 Å². The molecule has 0 fully saturated rings. The van der Waals surface area contributed by atoms with Gasteiger partial charge in [0.05, 0.1) is 17.2 Å². The third kappa shape index (κ3) is 6.58. The second kappa shape index (κ2) is 9.39. The Morgan fingerprint density at radius 2 is 1.52 bits per heavy atom. The number of carbonyl (C=O) groups is 3. The molecule has 142 valence electrons. The molecule has 27 heavy (non-hydrogen) atoms. The van der Waals surface area contributed by atoms with Crippen molar-refractivity contribution in [1.82, 2.24) is 0 Å². The van der Waals surface area contributed by atoms with Gasteiger partial charge in [-0.25, -0.2) is 9.59 Å². The number of carbonyl (C=O) groups excluding carboxylic acids is 3. The third-order valence-corrected chi connectivity index (χ3v) is 3.62. The monoisotopic (exact) mass is 409 g/mol. The van der Waals surface area contributed by atoms with Crippen LogP contribution in [0.25, 0.3) is 0 Å². The molecule has 0 heterocycles. The van der Waals surface area contributed by atoms with E-state index in [1.165, 1.54) is 30.3 Å². The molecule has 0 aliphatic heterocycles. The number of hydrogen-bond donors (Lipinski definition) is 1. The van der Waals surface area contributed by atoms with Crippen molar-refractivity contribution in [3.63, 3.8) is 0 Å². The molecule has 0 aliphatic carbocycles. The Kier molecular flexibility index (Phi) is 7.21. The van der Waals surface area contributed by atoms with Crippen LogP contribution in [-0.4, -0.2) is 30.6 Å². The highest BCUT2D eigenvalue weighted by Crippen LogP contribution is 2.19. The van der Waals surface area contributed by atoms with E-state index >= 15 is 0 Å². The molecular weight excluding hydrogens is 393 g/mol. The molecule has 0 radical (unpaired) electrons. The van der Waals surface area contributed by atoms with Crippen LogP contribution in [0.3, 0.4) is 0 Å². The Morgan fingerprint density at radius 3 is 2.07 bits per heavy atom. The van der Waals surface area contributed by atoms with Crippen molar-refractivity contribution in [3.8, 4) is 0 Å². The summed E-state index contributed by atoms with van der Waals surface area (Å²) in [6, 6.07) is 10.4. The largest absolute Gasteiger partial charge is 0.459 e. The highest BCUT2D eigenvalue weighted by Gasteiger charge is 2.13. The minimum atomic E-state index is -0.721. The Bertz CT molecular complexity index is 829. The summed E-state index contributed by atoms with van der Waals surface area (Å²) in [4.78, 5) is 35.6. The zero-order valence-electron chi connectivity index (χ0n) is 14.6. The maximum Gasteiger partial charge on any atom is 0.338 e. The zero-order valence-corrected chi connectivity index (χ0v) is 16.1. The van der Waals surface area contributed by atoms with Crippen molar-refractivity contribution in [2.75, 3.05) is 11.9 Å². The summed E-state index contributed by atoms with van der Waals surface area (Å²) in [5.41, 5.74) is 0.960. The van der Waals surface area contributed by atoms with Gasteiger partial charge in [-0.1, -0.05) is 23.2 Å². The number of hydrogen-bond acceptors (Lipinski definition) is 5. The topological polar surface area (TPSA) is 81.7 Å². The van der Waals surface area contributed by atoms with Gasteiger partial charge in [-0.15, -0.1) is 0 Å². The maximum atomic E-state index is 11.9. The number of benzene rings is 2. The molecule has 0 saturated heterocycles. The number of anilines is 1. The van der Waals surface area contributed by atoms with Gasteiger partial charge in [-0.3, -0.25) is 4.79 Å². The molecule has 2 aromatic carbocycles. The van der Waals surface area contributed by atoms with E-state index in [2.05, 4.69) is 5.32 Å². The van der Waals surface area contributed by atoms with Crippen LogP contribution < -0.4 is 5.32 Å². The second-order valence-corrected chi connectivity index (χ2v) is 6.69. The molecular formula is C19H17Cl2NO5. The van der Waals surface area contributed by atoms with E-state index < -0.39 is 24.5 Å². The lowest BCUT2D eigenvalue weighted by atomic mass is 10.2. The lowest BCUT2D eigenvalue weighted by Gasteiger charge is -2.09. The molecule has 0 unspecified atom stereocenters. The molecule has 8 heteroatoms. The Hall–Kier alpha value is -2.57. The normalized spacial score (nSPS) is 10.4. The molecule has 1 amide bonds. The Labute approximate surface area is 166 Å². The van der Waals surface area contributed by atoms with Crippen LogP contribution in [0.4, 0.5) is 5.69 Å². The van der Waals surface area contributed by atoms with Crippen molar-refractivity contribution >= 4 is 46.7 Å². The first-order valence-electron chi connectivity index (χ1n) is 7.98. The maximum absolute atomic E-state index is 11.9. The van der Waals surface area contributed by atoms with Gasteiger partial charge in [0, 0.05) is 15.7 Å². The van der Waals surface area contributed by atoms with Crippen LogP contribution in [0.1, 0.15) is 34.6 Å². The van der Waals surface area contributed by atoms with Gasteiger partial charge < -0.3 is 14.8 Å². The highest BCUT2D eigenvalue weighted by atomic mass is 35.5. The second-order valence-electron chi connectivity index (χ2n) is 5.81. The van der Waals surface area contributed by atoms with Gasteiger partial charge in [0.15, 0.2) is 6.61 Å². The van der Waals surface area contributed by atoms with Gasteiger partial charge in [0.25, 0.3) is 5.91 Å². The molecule has 1 N–H and O–H groups in total. The molecule has 0 bridgehead atoms. The van der Waals surface area contributed by atoms with E-state index in [1.807, 2.05) is 0 Å². The summed E-state index contributed by atoms with van der Waals surface area (Å²) < 4.78 is 10.0. The smallest absolute Gasteiger partial charge is 0.338 e. The number of ether oxygens (including phenoxy) is 2. The molecule has 0 aliphatic rings. The van der Waals surface area contributed by atoms with E-state index in [0.29, 0.717) is 11.3 Å². The van der Waals surface area contributed by atoms with Crippen LogP contribution in [-0.2, 0) is 14.3 Å². The van der Waals surface area contributed by atoms with Gasteiger partial charge in [-0.05, 0) is 56.3 Å². The van der Waals surface area contributed by atoms with Crippen molar-refractivity contribution < 1.29 is 23.9 Å². The van der Waals surface area contributed by atoms with Crippen LogP contribution in [0.2, 0.25) is 10.0 Å². The molecule has 0 aromatic heterocycles. The van der Waals surface area contributed by atoms with E-state index in [0.717, 1.165) is 0 Å². The van der Waals surface area contributed by atoms with Gasteiger partial charge in [0.2, 0.25) is 0 Å². The number of amides is 1. The predicted molar refractivity (Wildman–Crippen MR) is 102 cm³/mol. The number of rotatable bonds is 6. The van der Waals surface area contributed by atoms with E-state index in [1.54, 1.807) is 26.0 Å². The summed E-state index contributed by atoms with van der Waals surface area (Å²) in [5.74, 6) is -1.70. The quantitative estimate of drug-likeness (QED) is 0.716. The van der Waals surface area contributed by atoms with E-state index in [4.69, 9.17) is 32.7 Å². The van der Waals surface area contributed by atoms with Gasteiger partial charge in [-0.2, -0.15) is 0 Å². The molecule has 2 aromatic rings. The number of halogens is 2. The minimum Gasteiger partial charge on any atom is -0.459 e. The summed E-state index contributed by atoms with van der Waals surface area (Å²) >= 11 is 11.6. The molecule has 6 nitrogen and oxygen atoms in total. The SMILES string of the molecule is CC(C)OC(=O)c1ccc(NC(=O)COC(=O)c2cc(Cl)cc(Cl)c2)cc1. The number of esters is 2. The van der Waals surface area contributed by atoms with Crippen LogP contribution >= 0.6 is 23.2 Å². The highest BCUT2D eigenvalue weighted by molar-refractivity contribution is 6.35. The lowest BCUT2D eigenvalue weighted by molar-refractivity contribution is -0.119. The molecule has 0 atom stereocenters. The average molecular weight is 410 g/mol. The molecule has 2 rings (SSSR count). The first-order chi connectivity index (χ1) is 12.7. The lowest BCUT2D eigenvalue weighted by Crippen LogP contribution is -2.21. The van der Waals surface area contributed by atoms with E-state index in [-0.39, 0.29) is 21.7 Å². The third-order valence-electron chi connectivity index (χ3n) is 3.18. The Balaban J connectivity index is 1.88. The summed E-state index contributed by atoms with van der Waals surface area (Å²) in [6.45, 7) is 3.02. The van der Waals surface area contributed by atoms with Crippen molar-refractivity contribution in [2.45, 2.75) is 20.0 Å². The van der Waals surface area contributed by atoms with Crippen molar-refractivity contribution in [3.05, 3.63) is 63.6 Å². The fourth-order valence-electron chi connectivity index (χ4n) is 2.05. The van der Waals surface area contributed by atoms with Gasteiger partial charge in [0.1, 0.15) is 0 Å². The van der Waals surface area contributed by atoms with Crippen LogP contribution in [0.15, 0.2) is 42.5 Å². The van der Waals surface area contributed by atoms with Gasteiger partial charge >= 0.3 is 11.9 Å². The summed E-state index contributed by atoms with van der Waals surface area (Å²) in [6.07, 6.45) is -0.221. The van der Waals surface area contributed by atoms with Crippen molar-refractivity contribution in [2.24, 2.45) is 0 Å². The fraction of sp³-hybridized carbons (Fsp3) is 0.211. The van der Waals surface area contributed by atoms with Crippen LogP contribution in [0.5, 0.6) is 0 Å². The number of nitrogens with one attached hydrogen (secondary N) is 1. The van der Waals surface area contributed by atoms with Crippen LogP contribution in [0, 0.1) is 0 Å². The minimum absolute atomic E-state index is 0.147. The summed E-state index contributed by atoms with van der Waals surface area (Å²) in [7, 11) is 0. The zero-order chi connectivity index (χ0) is 20.0. The first-order valence-corrected chi connectivity index (χ1v) is 8.74. The summed E-state index contributed by atoms with van der Waals surface area (Å²) in [5, 5.41) is 3.13.